The molecule has 0 bridgehead atoms. The maximum Gasteiger partial charge on any atom is 0.416 e. The van der Waals surface area contributed by atoms with Gasteiger partial charge in [-0.3, -0.25) is 4.90 Å². The minimum atomic E-state index is -5.07. The fraction of sp³-hybridized carbons (Fsp3) is 0.323. The predicted octanol–water partition coefficient (Wildman–Crippen LogP) is 8.33. The van der Waals surface area contributed by atoms with Gasteiger partial charge in [0.15, 0.2) is 5.82 Å². The summed E-state index contributed by atoms with van der Waals surface area (Å²) in [6, 6.07) is 7.96. The van der Waals surface area contributed by atoms with Crippen LogP contribution in [0.25, 0.3) is 16.9 Å². The third-order valence-corrected chi connectivity index (χ3v) is 7.58. The fourth-order valence-electron chi connectivity index (χ4n) is 5.25. The van der Waals surface area contributed by atoms with Crippen LogP contribution in [0.1, 0.15) is 60.7 Å². The second-order valence-corrected chi connectivity index (χ2v) is 10.9. The summed E-state index contributed by atoms with van der Waals surface area (Å²) in [6.45, 7) is 4.82. The van der Waals surface area contributed by atoms with Gasteiger partial charge in [-0.05, 0) is 66.4 Å². The Morgan fingerprint density at radius 2 is 1.64 bits per heavy atom. The molecule has 1 aliphatic heterocycles. The Morgan fingerprint density at radius 3 is 2.20 bits per heavy atom. The molecule has 7 nitrogen and oxygen atoms in total. The normalized spacial score (nSPS) is 17.2. The van der Waals surface area contributed by atoms with E-state index in [1.807, 2.05) is 13.8 Å². The number of carbonyl (C=O) groups is 1. The van der Waals surface area contributed by atoms with Crippen LogP contribution < -0.4 is 4.74 Å². The van der Waals surface area contributed by atoms with Crippen LogP contribution in [0.4, 0.5) is 35.5 Å². The number of aromatic nitrogens is 3. The monoisotopic (exact) mass is 636 g/mol. The van der Waals surface area contributed by atoms with Crippen molar-refractivity contribution in [3.8, 4) is 22.7 Å². The lowest BCUT2D eigenvalue weighted by Gasteiger charge is -2.24. The van der Waals surface area contributed by atoms with Gasteiger partial charge >= 0.3 is 18.4 Å². The van der Waals surface area contributed by atoms with Crippen molar-refractivity contribution in [1.29, 1.82) is 0 Å². The number of hydrogen-bond donors (Lipinski definition) is 0. The molecule has 1 fully saturated rings. The average molecular weight is 637 g/mol. The smallest absolute Gasteiger partial charge is 0.416 e. The number of halogens is 7. The first kappa shape index (κ1) is 31.8. The second kappa shape index (κ2) is 11.7. The number of alkyl halides is 6. The highest BCUT2D eigenvalue weighted by Crippen LogP contribution is 2.42. The number of benzene rings is 2. The molecular weight excluding hydrogens is 609 g/mol. The molecule has 14 heteroatoms. The van der Waals surface area contributed by atoms with Crippen LogP contribution in [0.3, 0.4) is 0 Å². The highest BCUT2D eigenvalue weighted by atomic mass is 19.4. The number of methoxy groups -OCH3 is 1. The number of ether oxygens (including phenoxy) is 2. The van der Waals surface area contributed by atoms with E-state index in [1.54, 1.807) is 30.5 Å². The number of nitrogens with zero attached hydrogens (tertiary/aromatic N) is 4. The van der Waals surface area contributed by atoms with Crippen molar-refractivity contribution in [2.24, 2.45) is 0 Å². The Hall–Kier alpha value is -4.62. The van der Waals surface area contributed by atoms with Crippen LogP contribution in [0.5, 0.6) is 5.75 Å². The van der Waals surface area contributed by atoms with Gasteiger partial charge in [0, 0.05) is 29.6 Å². The predicted molar refractivity (Wildman–Crippen MR) is 148 cm³/mol. The van der Waals surface area contributed by atoms with Crippen LogP contribution in [0.2, 0.25) is 0 Å². The van der Waals surface area contributed by atoms with E-state index < -0.39 is 53.1 Å². The molecule has 45 heavy (non-hydrogen) atoms. The van der Waals surface area contributed by atoms with Crippen LogP contribution in [0.15, 0.2) is 60.9 Å². The van der Waals surface area contributed by atoms with Gasteiger partial charge in [-0.15, -0.1) is 0 Å². The number of rotatable bonds is 7. The summed E-state index contributed by atoms with van der Waals surface area (Å²) in [5.74, 6) is -0.135. The molecule has 0 radical (unpaired) electrons. The highest BCUT2D eigenvalue weighted by Gasteiger charge is 2.43. The van der Waals surface area contributed by atoms with Crippen molar-refractivity contribution < 1.29 is 45.0 Å². The zero-order chi connectivity index (χ0) is 32.8. The second-order valence-electron chi connectivity index (χ2n) is 10.9. The van der Waals surface area contributed by atoms with E-state index in [0.717, 1.165) is 4.90 Å². The van der Waals surface area contributed by atoms with Crippen molar-refractivity contribution >= 4 is 6.09 Å². The van der Waals surface area contributed by atoms with Gasteiger partial charge in [0.05, 0.1) is 36.5 Å². The summed E-state index contributed by atoms with van der Waals surface area (Å²) in [6.07, 6.45) is -9.40. The third-order valence-electron chi connectivity index (χ3n) is 7.58. The molecule has 0 saturated carbocycles. The van der Waals surface area contributed by atoms with E-state index in [9.17, 15) is 35.5 Å². The standard InChI is InChI=1S/C31H27F7N4O3/c1-16(2)22-13-23(26(44-4)14-24(22)32)21-6-7-27(42-9-5-8-39-42)40-25(21)15-41-17(3)28(45-29(41)43)18-10-19(30(33,34)35)12-20(11-18)31(36,37)38/h5-14,16-17,28H,15H2,1-4H3. The molecule has 1 saturated heterocycles. The molecule has 2 aromatic carbocycles. The minimum Gasteiger partial charge on any atom is -0.496 e. The highest BCUT2D eigenvalue weighted by molar-refractivity contribution is 5.76. The van der Waals surface area contributed by atoms with Crippen LogP contribution >= 0.6 is 0 Å². The quantitative estimate of drug-likeness (QED) is 0.191. The molecule has 1 amide bonds. The number of pyridine rings is 1. The van der Waals surface area contributed by atoms with Crippen LogP contribution in [-0.4, -0.2) is 38.9 Å². The maximum atomic E-state index is 14.9. The van der Waals surface area contributed by atoms with Crippen molar-refractivity contribution in [2.75, 3.05) is 7.11 Å². The summed E-state index contributed by atoms with van der Waals surface area (Å²) in [5.41, 5.74) is -1.92. The molecule has 2 aromatic heterocycles. The van der Waals surface area contributed by atoms with E-state index >= 15 is 0 Å². The first-order valence-corrected chi connectivity index (χ1v) is 13.7. The lowest BCUT2D eigenvalue weighted by molar-refractivity contribution is -0.143. The third kappa shape index (κ3) is 6.31. The molecule has 4 aromatic rings. The van der Waals surface area contributed by atoms with Crippen molar-refractivity contribution in [2.45, 2.75) is 57.7 Å². The lowest BCUT2D eigenvalue weighted by atomic mass is 9.94. The van der Waals surface area contributed by atoms with Gasteiger partial charge in [-0.25, -0.2) is 18.9 Å². The molecule has 2 atom stereocenters. The molecule has 238 valence electrons. The van der Waals surface area contributed by atoms with Crippen molar-refractivity contribution in [1.82, 2.24) is 19.7 Å². The minimum absolute atomic E-state index is 0.0151. The Bertz CT molecular complexity index is 1690. The molecule has 2 unspecified atom stereocenters. The first-order valence-electron chi connectivity index (χ1n) is 13.7. The van der Waals surface area contributed by atoms with E-state index in [2.05, 4.69) is 5.10 Å². The van der Waals surface area contributed by atoms with Crippen molar-refractivity contribution in [3.63, 3.8) is 0 Å². The zero-order valence-corrected chi connectivity index (χ0v) is 24.4. The van der Waals surface area contributed by atoms with Crippen molar-refractivity contribution in [3.05, 3.63) is 94.7 Å². The molecule has 3 heterocycles. The van der Waals surface area contributed by atoms with Gasteiger partial charge in [0.2, 0.25) is 0 Å². The summed E-state index contributed by atoms with van der Waals surface area (Å²) in [4.78, 5) is 19.0. The Morgan fingerprint density at radius 1 is 0.978 bits per heavy atom. The Balaban J connectivity index is 1.59. The average Bonchev–Trinajstić information content (AvgIpc) is 3.60. The summed E-state index contributed by atoms with van der Waals surface area (Å²) in [5, 5.41) is 4.17. The summed E-state index contributed by atoms with van der Waals surface area (Å²) >= 11 is 0. The van der Waals surface area contributed by atoms with E-state index in [1.165, 1.54) is 31.0 Å². The van der Waals surface area contributed by atoms with E-state index in [0.29, 0.717) is 34.6 Å². The molecule has 0 N–H and O–H groups in total. The fourth-order valence-corrected chi connectivity index (χ4v) is 5.25. The topological polar surface area (TPSA) is 69.5 Å². The Labute approximate surface area is 253 Å². The van der Waals surface area contributed by atoms with Gasteiger partial charge < -0.3 is 9.47 Å². The van der Waals surface area contributed by atoms with Gasteiger partial charge in [0.25, 0.3) is 0 Å². The van der Waals surface area contributed by atoms with Gasteiger partial charge in [-0.1, -0.05) is 13.8 Å². The van der Waals surface area contributed by atoms with Crippen LogP contribution in [-0.2, 0) is 23.6 Å². The molecule has 0 aliphatic carbocycles. The Kier molecular flexibility index (Phi) is 8.27. The van der Waals surface area contributed by atoms with Gasteiger partial charge in [0.1, 0.15) is 17.7 Å². The molecule has 5 rings (SSSR count). The van der Waals surface area contributed by atoms with E-state index in [4.69, 9.17) is 14.5 Å². The maximum absolute atomic E-state index is 14.9. The number of carbonyl (C=O) groups excluding carboxylic acids is 1. The summed E-state index contributed by atoms with van der Waals surface area (Å²) < 4.78 is 108. The number of amides is 1. The largest absolute Gasteiger partial charge is 0.496 e. The molecule has 0 spiro atoms. The van der Waals surface area contributed by atoms with E-state index in [-0.39, 0.29) is 30.0 Å². The van der Waals surface area contributed by atoms with Gasteiger partial charge in [-0.2, -0.15) is 31.4 Å². The lowest BCUT2D eigenvalue weighted by Crippen LogP contribution is -2.32. The first-order chi connectivity index (χ1) is 21.1. The molecule has 1 aliphatic rings. The number of cyclic esters (lactones) is 1. The SMILES string of the molecule is COc1cc(F)c(C(C)C)cc1-c1ccc(-n2cccn2)nc1CN1C(=O)OC(c2cc(C(F)(F)F)cc(C(F)(F)F)c2)C1C. The summed E-state index contributed by atoms with van der Waals surface area (Å²) in [7, 11) is 1.37. The zero-order valence-electron chi connectivity index (χ0n) is 24.4. The molecular formula is C31H27F7N4O3. The van der Waals surface area contributed by atoms with Crippen LogP contribution in [0, 0.1) is 5.82 Å². The number of hydrogen-bond acceptors (Lipinski definition) is 5.